The van der Waals surface area contributed by atoms with Gasteiger partial charge in [0.15, 0.2) is 0 Å². The number of oxime groups is 1. The van der Waals surface area contributed by atoms with E-state index in [0.29, 0.717) is 18.3 Å². The molecule has 1 saturated carbocycles. The molecule has 0 spiro atoms. The Balaban J connectivity index is 2.21. The molecule has 3 unspecified atom stereocenters. The van der Waals surface area contributed by atoms with Gasteiger partial charge < -0.3 is 16.3 Å². The van der Waals surface area contributed by atoms with E-state index in [1.807, 2.05) is 0 Å². The Kier molecular flexibility index (Phi) is 4.88. The molecule has 0 heterocycles. The maximum atomic E-state index is 8.39. The minimum atomic E-state index is 0.305. The minimum absolute atomic E-state index is 0.305. The van der Waals surface area contributed by atoms with Gasteiger partial charge in [-0.3, -0.25) is 0 Å². The highest BCUT2D eigenvalue weighted by atomic mass is 16.4. The molecular formula is C11H23N3O. The number of nitrogens with one attached hydrogen (secondary N) is 1. The van der Waals surface area contributed by atoms with Gasteiger partial charge in [0.05, 0.1) is 0 Å². The third-order valence-electron chi connectivity index (χ3n) is 3.35. The summed E-state index contributed by atoms with van der Waals surface area (Å²) in [5, 5.41) is 14.8. The lowest BCUT2D eigenvalue weighted by Gasteiger charge is -2.33. The molecule has 0 amide bonds. The molecule has 0 aromatic rings. The summed E-state index contributed by atoms with van der Waals surface area (Å²) >= 11 is 0. The third kappa shape index (κ3) is 4.08. The largest absolute Gasteiger partial charge is 0.409 e. The van der Waals surface area contributed by atoms with Crippen LogP contribution in [0.15, 0.2) is 5.16 Å². The van der Waals surface area contributed by atoms with E-state index in [-0.39, 0.29) is 0 Å². The van der Waals surface area contributed by atoms with Gasteiger partial charge in [-0.15, -0.1) is 0 Å². The quantitative estimate of drug-likeness (QED) is 0.287. The molecule has 0 radical (unpaired) electrons. The van der Waals surface area contributed by atoms with Crippen LogP contribution in [0.1, 0.15) is 39.5 Å². The number of hydrogen-bond donors (Lipinski definition) is 3. The fraction of sp³-hybridized carbons (Fsp3) is 0.909. The van der Waals surface area contributed by atoms with Crippen LogP contribution in [-0.2, 0) is 0 Å². The van der Waals surface area contributed by atoms with Crippen molar-refractivity contribution in [3.63, 3.8) is 0 Å². The van der Waals surface area contributed by atoms with E-state index in [1.165, 1.54) is 19.3 Å². The fourth-order valence-corrected chi connectivity index (χ4v) is 2.40. The Morgan fingerprint density at radius 3 is 2.80 bits per heavy atom. The zero-order valence-corrected chi connectivity index (χ0v) is 9.74. The zero-order valence-electron chi connectivity index (χ0n) is 9.74. The monoisotopic (exact) mass is 213 g/mol. The van der Waals surface area contributed by atoms with E-state index in [2.05, 4.69) is 24.3 Å². The van der Waals surface area contributed by atoms with Crippen LogP contribution in [0, 0.1) is 11.8 Å². The molecule has 88 valence electrons. The second-order valence-corrected chi connectivity index (χ2v) is 4.80. The molecule has 4 N–H and O–H groups in total. The number of rotatable bonds is 4. The first kappa shape index (κ1) is 12.3. The molecule has 1 aliphatic rings. The van der Waals surface area contributed by atoms with Crippen molar-refractivity contribution in [1.82, 2.24) is 5.32 Å². The van der Waals surface area contributed by atoms with Crippen LogP contribution in [0.25, 0.3) is 0 Å². The first-order valence-corrected chi connectivity index (χ1v) is 5.83. The molecule has 0 aromatic heterocycles. The smallest absolute Gasteiger partial charge is 0.140 e. The Morgan fingerprint density at radius 2 is 2.20 bits per heavy atom. The lowest BCUT2D eigenvalue weighted by atomic mass is 9.80. The summed E-state index contributed by atoms with van der Waals surface area (Å²) < 4.78 is 0. The van der Waals surface area contributed by atoms with Gasteiger partial charge in [-0.25, -0.2) is 0 Å². The van der Waals surface area contributed by atoms with Crippen molar-refractivity contribution in [3.8, 4) is 0 Å². The third-order valence-corrected chi connectivity index (χ3v) is 3.35. The van der Waals surface area contributed by atoms with Crippen molar-refractivity contribution in [2.45, 2.75) is 45.6 Å². The van der Waals surface area contributed by atoms with Crippen LogP contribution in [0.4, 0.5) is 0 Å². The number of amidine groups is 1. The summed E-state index contributed by atoms with van der Waals surface area (Å²) in [6.45, 7) is 5.43. The average Bonchev–Trinajstić information content (AvgIpc) is 2.21. The zero-order chi connectivity index (χ0) is 11.3. The van der Waals surface area contributed by atoms with Gasteiger partial charge in [0.1, 0.15) is 5.84 Å². The molecule has 0 saturated heterocycles. The van der Waals surface area contributed by atoms with E-state index in [4.69, 9.17) is 10.9 Å². The molecule has 1 aliphatic carbocycles. The summed E-state index contributed by atoms with van der Waals surface area (Å²) in [5.41, 5.74) is 5.41. The highest BCUT2D eigenvalue weighted by molar-refractivity contribution is 5.79. The van der Waals surface area contributed by atoms with Crippen LogP contribution in [-0.4, -0.2) is 23.6 Å². The van der Waals surface area contributed by atoms with Crippen molar-refractivity contribution in [1.29, 1.82) is 0 Å². The molecular weight excluding hydrogens is 190 g/mol. The normalized spacial score (nSPS) is 32.9. The molecule has 0 aromatic carbocycles. The number of nitrogens with two attached hydrogens (primary N) is 1. The highest BCUT2D eigenvalue weighted by Gasteiger charge is 2.24. The van der Waals surface area contributed by atoms with Crippen molar-refractivity contribution < 1.29 is 5.21 Å². The summed E-state index contributed by atoms with van der Waals surface area (Å²) in [6, 6.07) is 0.604. The summed E-state index contributed by atoms with van der Waals surface area (Å²) in [6.07, 6.45) is 4.49. The SMILES string of the molecule is CC1CCC(NCCC(N)=NO)C(C)C1. The van der Waals surface area contributed by atoms with Gasteiger partial charge in [0.25, 0.3) is 0 Å². The molecule has 3 atom stereocenters. The van der Waals surface area contributed by atoms with Crippen molar-refractivity contribution in [2.75, 3.05) is 6.54 Å². The molecule has 1 rings (SSSR count). The lowest BCUT2D eigenvalue weighted by Crippen LogP contribution is -2.40. The standard InChI is InChI=1S/C11H23N3O/c1-8-3-4-10(9(2)7-8)13-6-5-11(12)14-15/h8-10,13,15H,3-7H2,1-2H3,(H2,12,14). The van der Waals surface area contributed by atoms with Crippen molar-refractivity contribution >= 4 is 5.84 Å². The lowest BCUT2D eigenvalue weighted by molar-refractivity contribution is 0.229. The van der Waals surface area contributed by atoms with Gasteiger partial charge >= 0.3 is 0 Å². The van der Waals surface area contributed by atoms with Gasteiger partial charge in [0, 0.05) is 19.0 Å². The van der Waals surface area contributed by atoms with Crippen LogP contribution in [0.2, 0.25) is 0 Å². The Bertz CT molecular complexity index is 218. The fourth-order valence-electron chi connectivity index (χ4n) is 2.40. The number of hydrogen-bond acceptors (Lipinski definition) is 3. The molecule has 4 heteroatoms. The molecule has 1 fully saturated rings. The number of nitrogens with zero attached hydrogens (tertiary/aromatic N) is 1. The predicted octanol–water partition coefficient (Wildman–Crippen LogP) is 1.54. The van der Waals surface area contributed by atoms with Gasteiger partial charge in [-0.1, -0.05) is 19.0 Å². The van der Waals surface area contributed by atoms with Crippen molar-refractivity contribution in [2.24, 2.45) is 22.7 Å². The van der Waals surface area contributed by atoms with E-state index >= 15 is 0 Å². The summed E-state index contributed by atoms with van der Waals surface area (Å²) in [7, 11) is 0. The maximum Gasteiger partial charge on any atom is 0.140 e. The first-order valence-electron chi connectivity index (χ1n) is 5.83. The molecule has 0 bridgehead atoms. The molecule has 0 aliphatic heterocycles. The minimum Gasteiger partial charge on any atom is -0.409 e. The van der Waals surface area contributed by atoms with Crippen LogP contribution in [0.5, 0.6) is 0 Å². The van der Waals surface area contributed by atoms with Crippen LogP contribution >= 0.6 is 0 Å². The maximum absolute atomic E-state index is 8.39. The van der Waals surface area contributed by atoms with Crippen molar-refractivity contribution in [3.05, 3.63) is 0 Å². The Labute approximate surface area is 91.9 Å². The van der Waals surface area contributed by atoms with Crippen LogP contribution in [0.3, 0.4) is 0 Å². The average molecular weight is 213 g/mol. The molecule has 15 heavy (non-hydrogen) atoms. The highest BCUT2D eigenvalue weighted by Crippen LogP contribution is 2.28. The van der Waals surface area contributed by atoms with Gasteiger partial charge in [-0.05, 0) is 31.1 Å². The summed E-state index contributed by atoms with van der Waals surface area (Å²) in [4.78, 5) is 0. The van der Waals surface area contributed by atoms with E-state index in [1.54, 1.807) is 0 Å². The predicted molar refractivity (Wildman–Crippen MR) is 62.0 cm³/mol. The summed E-state index contributed by atoms with van der Waals surface area (Å²) in [5.74, 6) is 1.91. The van der Waals surface area contributed by atoms with Crippen LogP contribution < -0.4 is 11.1 Å². The van der Waals surface area contributed by atoms with E-state index in [9.17, 15) is 0 Å². The second-order valence-electron chi connectivity index (χ2n) is 4.80. The van der Waals surface area contributed by atoms with Gasteiger partial charge in [0.2, 0.25) is 0 Å². The van der Waals surface area contributed by atoms with E-state index < -0.39 is 0 Å². The Morgan fingerprint density at radius 1 is 1.47 bits per heavy atom. The molecule has 4 nitrogen and oxygen atoms in total. The first-order chi connectivity index (χ1) is 7.13. The topological polar surface area (TPSA) is 70.6 Å². The second kappa shape index (κ2) is 5.95. The Hall–Kier alpha value is -0.770. The van der Waals surface area contributed by atoms with E-state index in [0.717, 1.165) is 18.4 Å². The van der Waals surface area contributed by atoms with Gasteiger partial charge in [-0.2, -0.15) is 0 Å².